The summed E-state index contributed by atoms with van der Waals surface area (Å²) in [7, 11) is 0. The summed E-state index contributed by atoms with van der Waals surface area (Å²) in [6.07, 6.45) is 8.10. The lowest BCUT2D eigenvalue weighted by atomic mass is 9.79. The van der Waals surface area contributed by atoms with E-state index in [0.717, 1.165) is 12.0 Å². The third-order valence-corrected chi connectivity index (χ3v) is 4.82. The van der Waals surface area contributed by atoms with Crippen LogP contribution in [0, 0.1) is 5.92 Å². The third kappa shape index (κ3) is 3.48. The Morgan fingerprint density at radius 3 is 2.22 bits per heavy atom. The zero-order valence-corrected chi connectivity index (χ0v) is 13.0. The first-order valence-electron chi connectivity index (χ1n) is 7.87. The second-order valence-corrected chi connectivity index (χ2v) is 7.87. The van der Waals surface area contributed by atoms with Crippen LogP contribution in [0.25, 0.3) is 0 Å². The van der Waals surface area contributed by atoms with Gasteiger partial charge in [-0.1, -0.05) is 19.8 Å². The van der Waals surface area contributed by atoms with E-state index in [1.165, 1.54) is 38.5 Å². The molecule has 2 aliphatic rings. The van der Waals surface area contributed by atoms with E-state index < -0.39 is 0 Å². The summed E-state index contributed by atoms with van der Waals surface area (Å²) in [6, 6.07) is 1.47. The topological polar surface area (TPSA) is 24.1 Å². The van der Waals surface area contributed by atoms with Crippen LogP contribution in [0.1, 0.15) is 73.1 Å². The molecule has 2 rings (SSSR count). The summed E-state index contributed by atoms with van der Waals surface area (Å²) in [6.45, 7) is 11.7. The Labute approximate surface area is 113 Å². The lowest BCUT2D eigenvalue weighted by Crippen LogP contribution is -2.62. The molecule has 2 fully saturated rings. The van der Waals surface area contributed by atoms with Gasteiger partial charge in [-0.05, 0) is 59.3 Å². The molecule has 1 aliphatic heterocycles. The van der Waals surface area contributed by atoms with Gasteiger partial charge in [0.1, 0.15) is 0 Å². The largest absolute Gasteiger partial charge is 0.311 e. The van der Waals surface area contributed by atoms with Crippen molar-refractivity contribution in [2.45, 2.75) is 96.3 Å². The molecule has 0 radical (unpaired) electrons. The highest BCUT2D eigenvalue weighted by Crippen LogP contribution is 2.33. The van der Waals surface area contributed by atoms with Gasteiger partial charge in [0.05, 0.1) is 0 Å². The van der Waals surface area contributed by atoms with E-state index >= 15 is 0 Å². The van der Waals surface area contributed by atoms with E-state index in [-0.39, 0.29) is 11.1 Å². The quantitative estimate of drug-likeness (QED) is 0.804. The monoisotopic (exact) mass is 252 g/mol. The van der Waals surface area contributed by atoms with Gasteiger partial charge in [-0.25, -0.2) is 0 Å². The van der Waals surface area contributed by atoms with Crippen LogP contribution in [0.4, 0.5) is 0 Å². The van der Waals surface area contributed by atoms with E-state index in [1.807, 2.05) is 0 Å². The normalized spacial score (nSPS) is 35.8. The summed E-state index contributed by atoms with van der Waals surface area (Å²) in [5.41, 5.74) is 0.527. The number of rotatable bonds is 3. The molecule has 2 nitrogen and oxygen atoms in total. The first-order valence-corrected chi connectivity index (χ1v) is 7.87. The maximum absolute atomic E-state index is 3.99. The standard InChI is InChI=1S/C16H32N2/c1-6-12-8-7-9-14(12)17-13-10-15(2,3)18-16(4,5)11-13/h12-14,17-18H,6-11H2,1-5H3. The summed E-state index contributed by atoms with van der Waals surface area (Å²) in [5.74, 6) is 0.922. The second-order valence-electron chi connectivity index (χ2n) is 7.87. The summed E-state index contributed by atoms with van der Waals surface area (Å²) >= 11 is 0. The van der Waals surface area contributed by atoms with E-state index in [4.69, 9.17) is 0 Å². The molecule has 106 valence electrons. The molecule has 1 saturated heterocycles. The average Bonchev–Trinajstić information content (AvgIpc) is 2.59. The Morgan fingerprint density at radius 2 is 1.67 bits per heavy atom. The minimum atomic E-state index is 0.264. The first-order chi connectivity index (χ1) is 8.31. The van der Waals surface area contributed by atoms with Crippen LogP contribution in [0.5, 0.6) is 0 Å². The number of hydrogen-bond donors (Lipinski definition) is 2. The van der Waals surface area contributed by atoms with Gasteiger partial charge in [-0.15, -0.1) is 0 Å². The fourth-order valence-corrected chi connectivity index (χ4v) is 4.49. The van der Waals surface area contributed by atoms with E-state index in [0.29, 0.717) is 6.04 Å². The number of nitrogens with one attached hydrogen (secondary N) is 2. The Balaban J connectivity index is 1.96. The fourth-order valence-electron chi connectivity index (χ4n) is 4.49. The molecule has 2 N–H and O–H groups in total. The highest BCUT2D eigenvalue weighted by molar-refractivity contribution is 5.01. The Hall–Kier alpha value is -0.0800. The molecule has 2 atom stereocenters. The molecule has 0 spiro atoms. The van der Waals surface area contributed by atoms with Crippen molar-refractivity contribution in [3.8, 4) is 0 Å². The minimum Gasteiger partial charge on any atom is -0.311 e. The highest BCUT2D eigenvalue weighted by Gasteiger charge is 2.39. The molecular formula is C16H32N2. The Morgan fingerprint density at radius 1 is 1.06 bits per heavy atom. The zero-order valence-electron chi connectivity index (χ0n) is 13.0. The first kappa shape index (κ1) is 14.3. The van der Waals surface area contributed by atoms with Gasteiger partial charge < -0.3 is 10.6 Å². The van der Waals surface area contributed by atoms with Crippen molar-refractivity contribution in [2.75, 3.05) is 0 Å². The van der Waals surface area contributed by atoms with Gasteiger partial charge in [0.25, 0.3) is 0 Å². The molecule has 2 heteroatoms. The van der Waals surface area contributed by atoms with Crippen LogP contribution in [0.2, 0.25) is 0 Å². The molecule has 0 bridgehead atoms. The highest BCUT2D eigenvalue weighted by atomic mass is 15.1. The van der Waals surface area contributed by atoms with Gasteiger partial charge in [0, 0.05) is 23.2 Å². The number of hydrogen-bond acceptors (Lipinski definition) is 2. The lowest BCUT2D eigenvalue weighted by molar-refractivity contribution is 0.135. The van der Waals surface area contributed by atoms with Crippen LogP contribution in [-0.2, 0) is 0 Å². The fraction of sp³-hybridized carbons (Fsp3) is 1.00. The molecular weight excluding hydrogens is 220 g/mol. The average molecular weight is 252 g/mol. The lowest BCUT2D eigenvalue weighted by Gasteiger charge is -2.47. The van der Waals surface area contributed by atoms with Crippen LogP contribution >= 0.6 is 0 Å². The van der Waals surface area contributed by atoms with Crippen molar-refractivity contribution in [3.05, 3.63) is 0 Å². The summed E-state index contributed by atoms with van der Waals surface area (Å²) < 4.78 is 0. The van der Waals surface area contributed by atoms with Crippen molar-refractivity contribution in [3.63, 3.8) is 0 Å². The minimum absolute atomic E-state index is 0.264. The van der Waals surface area contributed by atoms with Gasteiger partial charge in [0.15, 0.2) is 0 Å². The number of piperidine rings is 1. The van der Waals surface area contributed by atoms with Gasteiger partial charge in [0.2, 0.25) is 0 Å². The molecule has 0 amide bonds. The van der Waals surface area contributed by atoms with E-state index in [1.54, 1.807) is 0 Å². The summed E-state index contributed by atoms with van der Waals surface area (Å²) in [4.78, 5) is 0. The van der Waals surface area contributed by atoms with Crippen molar-refractivity contribution in [2.24, 2.45) is 5.92 Å². The molecule has 1 saturated carbocycles. The molecule has 18 heavy (non-hydrogen) atoms. The molecule has 1 aliphatic carbocycles. The smallest absolute Gasteiger partial charge is 0.0144 e. The van der Waals surface area contributed by atoms with Crippen LogP contribution in [0.15, 0.2) is 0 Å². The van der Waals surface area contributed by atoms with Gasteiger partial charge in [-0.3, -0.25) is 0 Å². The third-order valence-electron chi connectivity index (χ3n) is 4.82. The van der Waals surface area contributed by atoms with Crippen LogP contribution in [-0.4, -0.2) is 23.2 Å². The predicted octanol–water partition coefficient (Wildman–Crippen LogP) is 3.46. The predicted molar refractivity (Wildman–Crippen MR) is 78.9 cm³/mol. The van der Waals surface area contributed by atoms with Crippen molar-refractivity contribution < 1.29 is 0 Å². The summed E-state index contributed by atoms with van der Waals surface area (Å²) in [5, 5.41) is 7.76. The molecule has 0 aromatic heterocycles. The maximum atomic E-state index is 3.99. The molecule has 2 unspecified atom stereocenters. The van der Waals surface area contributed by atoms with Crippen molar-refractivity contribution in [1.82, 2.24) is 10.6 Å². The van der Waals surface area contributed by atoms with Crippen LogP contribution < -0.4 is 10.6 Å². The molecule has 0 aromatic rings. The Kier molecular flexibility index (Phi) is 4.08. The molecule has 1 heterocycles. The van der Waals surface area contributed by atoms with Gasteiger partial charge >= 0.3 is 0 Å². The zero-order chi connectivity index (χ0) is 13.4. The van der Waals surface area contributed by atoms with Crippen molar-refractivity contribution >= 4 is 0 Å². The van der Waals surface area contributed by atoms with Crippen LogP contribution in [0.3, 0.4) is 0 Å². The SMILES string of the molecule is CCC1CCCC1NC1CC(C)(C)NC(C)(C)C1. The van der Waals surface area contributed by atoms with Crippen molar-refractivity contribution in [1.29, 1.82) is 0 Å². The van der Waals surface area contributed by atoms with E-state index in [9.17, 15) is 0 Å². The second kappa shape index (κ2) is 5.13. The Bertz CT molecular complexity index is 267. The maximum Gasteiger partial charge on any atom is 0.0144 e. The van der Waals surface area contributed by atoms with Gasteiger partial charge in [-0.2, -0.15) is 0 Å². The molecule has 0 aromatic carbocycles. The van der Waals surface area contributed by atoms with E-state index in [2.05, 4.69) is 45.3 Å².